The maximum atomic E-state index is 6.01. The van der Waals surface area contributed by atoms with Gasteiger partial charge in [0.25, 0.3) is 0 Å². The first-order chi connectivity index (χ1) is 6.72. The van der Waals surface area contributed by atoms with Gasteiger partial charge in [-0.15, -0.1) is 11.6 Å². The van der Waals surface area contributed by atoms with Crippen molar-refractivity contribution in [3.05, 3.63) is 28.4 Å². The molecule has 0 aliphatic carbocycles. The van der Waals surface area contributed by atoms with Crippen molar-refractivity contribution in [2.75, 3.05) is 5.88 Å². The highest BCUT2D eigenvalue weighted by molar-refractivity contribution is 6.32. The Morgan fingerprint density at radius 3 is 2.93 bits per heavy atom. The van der Waals surface area contributed by atoms with Crippen molar-refractivity contribution in [3.8, 4) is 0 Å². The molecule has 0 unspecified atom stereocenters. The Hall–Kier alpha value is -0.730. The van der Waals surface area contributed by atoms with E-state index in [1.807, 2.05) is 19.1 Å². The van der Waals surface area contributed by atoms with E-state index >= 15 is 0 Å². The van der Waals surface area contributed by atoms with Gasteiger partial charge >= 0.3 is 0 Å². The molecular weight excluding hydrogens is 221 g/mol. The Bertz CT molecular complexity index is 464. The number of aromatic nitrogens is 1. The summed E-state index contributed by atoms with van der Waals surface area (Å²) in [7, 11) is 0. The Kier molecular flexibility index (Phi) is 2.66. The van der Waals surface area contributed by atoms with Crippen molar-refractivity contribution < 1.29 is 4.52 Å². The predicted molar refractivity (Wildman–Crippen MR) is 58.2 cm³/mol. The lowest BCUT2D eigenvalue weighted by atomic mass is 10.1. The molecule has 0 radical (unpaired) electrons. The topological polar surface area (TPSA) is 26.0 Å². The fraction of sp³-hybridized carbons (Fsp3) is 0.300. The van der Waals surface area contributed by atoms with E-state index in [4.69, 9.17) is 27.7 Å². The zero-order valence-corrected chi connectivity index (χ0v) is 9.19. The Balaban J connectivity index is 2.61. The van der Waals surface area contributed by atoms with Crippen molar-refractivity contribution in [1.29, 1.82) is 0 Å². The predicted octanol–water partition coefficient (Wildman–Crippen LogP) is 3.57. The quantitative estimate of drug-likeness (QED) is 0.737. The van der Waals surface area contributed by atoms with Crippen molar-refractivity contribution in [2.45, 2.75) is 13.3 Å². The molecule has 14 heavy (non-hydrogen) atoms. The second-order valence-corrected chi connectivity index (χ2v) is 3.95. The molecule has 0 amide bonds. The van der Waals surface area contributed by atoms with Gasteiger partial charge < -0.3 is 4.52 Å². The molecule has 1 aromatic carbocycles. The highest BCUT2D eigenvalue weighted by atomic mass is 35.5. The molecule has 0 saturated carbocycles. The number of rotatable bonds is 2. The minimum absolute atomic E-state index is 0.535. The maximum Gasteiger partial charge on any atom is 0.167 e. The number of hydrogen-bond acceptors (Lipinski definition) is 2. The normalized spacial score (nSPS) is 11.1. The molecule has 0 bridgehead atoms. The van der Waals surface area contributed by atoms with Crippen molar-refractivity contribution in [2.24, 2.45) is 0 Å². The molecule has 2 nitrogen and oxygen atoms in total. The molecule has 0 atom stereocenters. The summed E-state index contributed by atoms with van der Waals surface area (Å²) < 4.78 is 5.17. The minimum Gasteiger partial charge on any atom is -0.356 e. The van der Waals surface area contributed by atoms with Gasteiger partial charge in [-0.05, 0) is 24.6 Å². The van der Waals surface area contributed by atoms with E-state index in [9.17, 15) is 0 Å². The SMILES string of the molecule is Cc1cc2onc(CCCl)c2cc1Cl. The van der Waals surface area contributed by atoms with E-state index < -0.39 is 0 Å². The molecule has 0 N–H and O–H groups in total. The molecule has 2 rings (SSSR count). The van der Waals surface area contributed by atoms with Gasteiger partial charge in [-0.2, -0.15) is 0 Å². The van der Waals surface area contributed by atoms with E-state index in [0.29, 0.717) is 12.3 Å². The zero-order valence-electron chi connectivity index (χ0n) is 7.68. The van der Waals surface area contributed by atoms with Gasteiger partial charge in [0.2, 0.25) is 0 Å². The van der Waals surface area contributed by atoms with Crippen LogP contribution in [0.4, 0.5) is 0 Å². The average Bonchev–Trinajstić information content (AvgIpc) is 2.51. The third-order valence-corrected chi connectivity index (χ3v) is 2.75. The monoisotopic (exact) mass is 229 g/mol. The number of nitrogens with zero attached hydrogens (tertiary/aromatic N) is 1. The van der Waals surface area contributed by atoms with E-state index in [2.05, 4.69) is 5.16 Å². The molecule has 4 heteroatoms. The van der Waals surface area contributed by atoms with Crippen LogP contribution in [0.15, 0.2) is 16.7 Å². The summed E-state index contributed by atoms with van der Waals surface area (Å²) in [4.78, 5) is 0. The van der Waals surface area contributed by atoms with Gasteiger partial charge in [0.05, 0.1) is 5.69 Å². The molecule has 74 valence electrons. The second-order valence-electron chi connectivity index (χ2n) is 3.17. The zero-order chi connectivity index (χ0) is 10.1. The summed E-state index contributed by atoms with van der Waals surface area (Å²) in [5.41, 5.74) is 2.64. The van der Waals surface area contributed by atoms with Crippen LogP contribution in [-0.2, 0) is 6.42 Å². The van der Waals surface area contributed by atoms with E-state index in [0.717, 1.165) is 27.2 Å². The summed E-state index contributed by atoms with van der Waals surface area (Å²) >= 11 is 11.7. The van der Waals surface area contributed by atoms with Crippen LogP contribution in [0.25, 0.3) is 11.0 Å². The van der Waals surface area contributed by atoms with Gasteiger partial charge in [-0.1, -0.05) is 16.8 Å². The summed E-state index contributed by atoms with van der Waals surface area (Å²) in [6.45, 7) is 1.94. The fourth-order valence-electron chi connectivity index (χ4n) is 1.38. The average molecular weight is 230 g/mol. The lowest BCUT2D eigenvalue weighted by molar-refractivity contribution is 0.447. The summed E-state index contributed by atoms with van der Waals surface area (Å²) in [6.07, 6.45) is 0.702. The summed E-state index contributed by atoms with van der Waals surface area (Å²) in [5, 5.41) is 5.64. The minimum atomic E-state index is 0.535. The number of halogens is 2. The molecule has 0 spiro atoms. The first kappa shape index (κ1) is 9.81. The molecule has 0 fully saturated rings. The number of hydrogen-bond donors (Lipinski definition) is 0. The number of benzene rings is 1. The van der Waals surface area contributed by atoms with Crippen LogP contribution in [0.3, 0.4) is 0 Å². The second kappa shape index (κ2) is 3.79. The third-order valence-electron chi connectivity index (χ3n) is 2.16. The van der Waals surface area contributed by atoms with Gasteiger partial charge in [-0.25, -0.2) is 0 Å². The van der Waals surface area contributed by atoms with Gasteiger partial charge in [0.15, 0.2) is 5.58 Å². The Labute approximate surface area is 91.8 Å². The van der Waals surface area contributed by atoms with E-state index in [1.54, 1.807) is 0 Å². The Morgan fingerprint density at radius 2 is 2.21 bits per heavy atom. The Morgan fingerprint density at radius 1 is 1.43 bits per heavy atom. The standard InChI is InChI=1S/C10H9Cl2NO/c1-6-4-10-7(5-8(6)12)9(2-3-11)13-14-10/h4-5H,2-3H2,1H3. The van der Waals surface area contributed by atoms with Crippen molar-refractivity contribution in [1.82, 2.24) is 5.16 Å². The molecule has 0 aliphatic rings. The molecule has 1 aromatic heterocycles. The van der Waals surface area contributed by atoms with Crippen molar-refractivity contribution in [3.63, 3.8) is 0 Å². The molecule has 2 aromatic rings. The number of alkyl halides is 1. The van der Waals surface area contributed by atoms with E-state index in [-0.39, 0.29) is 0 Å². The molecule has 0 aliphatic heterocycles. The summed E-state index contributed by atoms with van der Waals surface area (Å²) in [6, 6.07) is 3.77. The van der Waals surface area contributed by atoms with Gasteiger partial charge in [0.1, 0.15) is 0 Å². The van der Waals surface area contributed by atoms with Crippen LogP contribution in [0.5, 0.6) is 0 Å². The lowest BCUT2D eigenvalue weighted by Gasteiger charge is -1.96. The van der Waals surface area contributed by atoms with Crippen LogP contribution in [0.1, 0.15) is 11.3 Å². The van der Waals surface area contributed by atoms with Crippen LogP contribution >= 0.6 is 23.2 Å². The van der Waals surface area contributed by atoms with Crippen LogP contribution < -0.4 is 0 Å². The molecule has 0 saturated heterocycles. The largest absolute Gasteiger partial charge is 0.356 e. The molecular formula is C10H9Cl2NO. The van der Waals surface area contributed by atoms with Crippen LogP contribution in [-0.4, -0.2) is 11.0 Å². The third kappa shape index (κ3) is 1.60. The highest BCUT2D eigenvalue weighted by Crippen LogP contribution is 2.26. The van der Waals surface area contributed by atoms with Gasteiger partial charge in [-0.3, -0.25) is 0 Å². The first-order valence-electron chi connectivity index (χ1n) is 4.32. The smallest absolute Gasteiger partial charge is 0.167 e. The molecule has 1 heterocycles. The number of aryl methyl sites for hydroxylation is 2. The van der Waals surface area contributed by atoms with Gasteiger partial charge in [0, 0.05) is 22.7 Å². The highest BCUT2D eigenvalue weighted by Gasteiger charge is 2.09. The van der Waals surface area contributed by atoms with Crippen LogP contribution in [0, 0.1) is 6.92 Å². The lowest BCUT2D eigenvalue weighted by Crippen LogP contribution is -1.86. The number of fused-ring (bicyclic) bond motifs is 1. The maximum absolute atomic E-state index is 6.01. The van der Waals surface area contributed by atoms with Crippen molar-refractivity contribution >= 4 is 34.2 Å². The van der Waals surface area contributed by atoms with Crippen LogP contribution in [0.2, 0.25) is 5.02 Å². The first-order valence-corrected chi connectivity index (χ1v) is 5.24. The fourth-order valence-corrected chi connectivity index (χ4v) is 1.72. The van der Waals surface area contributed by atoms with E-state index in [1.165, 1.54) is 0 Å². The summed E-state index contributed by atoms with van der Waals surface area (Å²) in [5.74, 6) is 0.535.